The van der Waals surface area contributed by atoms with E-state index in [-0.39, 0.29) is 19.1 Å². The van der Waals surface area contributed by atoms with Crippen LogP contribution >= 0.6 is 0 Å². The summed E-state index contributed by atoms with van der Waals surface area (Å²) in [5, 5.41) is 5.39. The number of amides is 1. The van der Waals surface area contributed by atoms with Gasteiger partial charge >= 0.3 is 12.1 Å². The van der Waals surface area contributed by atoms with E-state index in [1.165, 1.54) is 7.11 Å². The fourth-order valence-electron chi connectivity index (χ4n) is 1.29. The number of hydrogen-bond acceptors (Lipinski definition) is 5. The summed E-state index contributed by atoms with van der Waals surface area (Å²) in [6, 6.07) is 9.42. The summed E-state index contributed by atoms with van der Waals surface area (Å²) < 4.78 is 9.46. The van der Waals surface area contributed by atoms with Gasteiger partial charge in [0.15, 0.2) is 0 Å². The number of methoxy groups -OCH3 is 1. The number of rotatable bonds is 7. The smallest absolute Gasteiger partial charge is 0.407 e. The number of esters is 1. The molecular weight excluding hydrogens is 248 g/mol. The number of carbonyl (C=O) groups excluding carboxylic acids is 2. The predicted molar refractivity (Wildman–Crippen MR) is 69.5 cm³/mol. The quantitative estimate of drug-likeness (QED) is 0.560. The van der Waals surface area contributed by atoms with Crippen LogP contribution in [0.15, 0.2) is 30.3 Å². The van der Waals surface area contributed by atoms with Gasteiger partial charge in [0.05, 0.1) is 13.7 Å². The Morgan fingerprint density at radius 2 is 1.89 bits per heavy atom. The lowest BCUT2D eigenvalue weighted by atomic mass is 10.2. The number of alkyl carbamates (subject to hydrolysis) is 1. The normalized spacial score (nSPS) is 9.74. The summed E-state index contributed by atoms with van der Waals surface area (Å²) in [6.45, 7) is 1.21. The zero-order chi connectivity index (χ0) is 13.9. The van der Waals surface area contributed by atoms with Crippen LogP contribution in [0.5, 0.6) is 0 Å². The highest BCUT2D eigenvalue weighted by Crippen LogP contribution is 2.00. The molecule has 0 unspecified atom stereocenters. The van der Waals surface area contributed by atoms with Crippen molar-refractivity contribution in [2.24, 2.45) is 0 Å². The molecule has 1 aromatic carbocycles. The van der Waals surface area contributed by atoms with Crippen LogP contribution in [0, 0.1) is 0 Å². The van der Waals surface area contributed by atoms with Crippen LogP contribution in [-0.2, 0) is 20.9 Å². The minimum Gasteiger partial charge on any atom is -0.468 e. The third-order valence-electron chi connectivity index (χ3n) is 2.28. The molecular formula is C13H18N2O4. The lowest BCUT2D eigenvalue weighted by Crippen LogP contribution is -2.34. The second-order valence-electron chi connectivity index (χ2n) is 3.74. The van der Waals surface area contributed by atoms with E-state index in [1.807, 2.05) is 30.3 Å². The minimum atomic E-state index is -0.483. The lowest BCUT2D eigenvalue weighted by molar-refractivity contribution is -0.139. The Hall–Kier alpha value is -2.08. The first kappa shape index (κ1) is 15.0. The molecule has 2 N–H and O–H groups in total. The maximum atomic E-state index is 11.3. The van der Waals surface area contributed by atoms with Gasteiger partial charge in [-0.05, 0) is 5.56 Å². The van der Waals surface area contributed by atoms with Gasteiger partial charge in [0.25, 0.3) is 0 Å². The van der Waals surface area contributed by atoms with E-state index in [2.05, 4.69) is 15.4 Å². The highest BCUT2D eigenvalue weighted by molar-refractivity contribution is 5.71. The van der Waals surface area contributed by atoms with E-state index in [0.717, 1.165) is 5.56 Å². The lowest BCUT2D eigenvalue weighted by Gasteiger charge is -2.07. The van der Waals surface area contributed by atoms with E-state index in [9.17, 15) is 9.59 Å². The molecule has 19 heavy (non-hydrogen) atoms. The molecule has 6 nitrogen and oxygen atoms in total. The molecule has 0 aliphatic rings. The second kappa shape index (κ2) is 8.93. The maximum Gasteiger partial charge on any atom is 0.407 e. The third kappa shape index (κ3) is 7.05. The Kier molecular flexibility index (Phi) is 7.04. The number of carbonyl (C=O) groups is 2. The summed E-state index contributed by atoms with van der Waals surface area (Å²) in [6.07, 6.45) is -0.483. The van der Waals surface area contributed by atoms with Gasteiger partial charge in [-0.25, -0.2) is 4.79 Å². The zero-order valence-electron chi connectivity index (χ0n) is 10.8. The third-order valence-corrected chi connectivity index (χ3v) is 2.28. The Labute approximate surface area is 112 Å². The van der Waals surface area contributed by atoms with E-state index < -0.39 is 6.09 Å². The average molecular weight is 266 g/mol. The fraction of sp³-hybridized carbons (Fsp3) is 0.385. The number of benzene rings is 1. The molecule has 0 saturated carbocycles. The summed E-state index contributed by atoms with van der Waals surface area (Å²) in [5.74, 6) is -0.341. The van der Waals surface area contributed by atoms with Gasteiger partial charge < -0.3 is 20.1 Å². The van der Waals surface area contributed by atoms with Crippen LogP contribution < -0.4 is 10.6 Å². The van der Waals surface area contributed by atoms with Crippen molar-refractivity contribution in [3.05, 3.63) is 35.9 Å². The maximum absolute atomic E-state index is 11.3. The number of ether oxygens (including phenoxy) is 2. The molecule has 6 heteroatoms. The van der Waals surface area contributed by atoms with Gasteiger partial charge in [0.1, 0.15) is 6.61 Å². The largest absolute Gasteiger partial charge is 0.468 e. The molecule has 0 atom stereocenters. The SMILES string of the molecule is COC(=O)CNCCNC(=O)OCc1ccccc1. The van der Waals surface area contributed by atoms with Gasteiger partial charge in [-0.1, -0.05) is 30.3 Å². The Morgan fingerprint density at radius 3 is 2.58 bits per heavy atom. The molecule has 0 heterocycles. The van der Waals surface area contributed by atoms with E-state index in [1.54, 1.807) is 0 Å². The van der Waals surface area contributed by atoms with Crippen molar-refractivity contribution in [2.75, 3.05) is 26.7 Å². The summed E-state index contributed by atoms with van der Waals surface area (Å²) in [4.78, 5) is 22.1. The highest BCUT2D eigenvalue weighted by Gasteiger charge is 2.02. The number of hydrogen-bond donors (Lipinski definition) is 2. The Balaban J connectivity index is 2.04. The fourth-order valence-corrected chi connectivity index (χ4v) is 1.29. The van der Waals surface area contributed by atoms with Gasteiger partial charge in [0, 0.05) is 13.1 Å². The van der Waals surface area contributed by atoms with Crippen molar-refractivity contribution in [3.8, 4) is 0 Å². The molecule has 0 spiro atoms. The van der Waals surface area contributed by atoms with Crippen molar-refractivity contribution < 1.29 is 19.1 Å². The van der Waals surface area contributed by atoms with Crippen molar-refractivity contribution in [1.29, 1.82) is 0 Å². The van der Waals surface area contributed by atoms with Crippen LogP contribution in [0.2, 0.25) is 0 Å². The zero-order valence-corrected chi connectivity index (χ0v) is 10.8. The first-order valence-corrected chi connectivity index (χ1v) is 5.94. The molecule has 0 saturated heterocycles. The minimum absolute atomic E-state index is 0.122. The topological polar surface area (TPSA) is 76.7 Å². The molecule has 0 fully saturated rings. The van der Waals surface area contributed by atoms with Crippen LogP contribution in [0.4, 0.5) is 4.79 Å². The first-order chi connectivity index (χ1) is 9.22. The molecule has 0 aromatic heterocycles. The number of nitrogens with one attached hydrogen (secondary N) is 2. The molecule has 1 aromatic rings. The van der Waals surface area contributed by atoms with Gasteiger partial charge in [-0.2, -0.15) is 0 Å². The van der Waals surface area contributed by atoms with Crippen LogP contribution in [0.3, 0.4) is 0 Å². The Morgan fingerprint density at radius 1 is 1.16 bits per heavy atom. The first-order valence-electron chi connectivity index (χ1n) is 5.94. The van der Waals surface area contributed by atoms with Crippen molar-refractivity contribution in [3.63, 3.8) is 0 Å². The molecule has 1 rings (SSSR count). The predicted octanol–water partition coefficient (Wildman–Crippen LogP) is 0.675. The molecule has 0 bridgehead atoms. The molecule has 1 amide bonds. The monoisotopic (exact) mass is 266 g/mol. The molecule has 0 radical (unpaired) electrons. The van der Waals surface area contributed by atoms with Crippen molar-refractivity contribution in [2.45, 2.75) is 6.61 Å². The van der Waals surface area contributed by atoms with Crippen LogP contribution in [-0.4, -0.2) is 38.8 Å². The van der Waals surface area contributed by atoms with Crippen LogP contribution in [0.1, 0.15) is 5.56 Å². The van der Waals surface area contributed by atoms with Gasteiger partial charge in [0.2, 0.25) is 0 Å². The van der Waals surface area contributed by atoms with Crippen molar-refractivity contribution >= 4 is 12.1 Å². The summed E-state index contributed by atoms with van der Waals surface area (Å²) >= 11 is 0. The average Bonchev–Trinajstić information content (AvgIpc) is 2.45. The van der Waals surface area contributed by atoms with Gasteiger partial charge in [-0.15, -0.1) is 0 Å². The molecule has 0 aliphatic carbocycles. The van der Waals surface area contributed by atoms with E-state index in [4.69, 9.17) is 4.74 Å². The second-order valence-corrected chi connectivity index (χ2v) is 3.74. The van der Waals surface area contributed by atoms with E-state index >= 15 is 0 Å². The molecule has 0 aliphatic heterocycles. The highest BCUT2D eigenvalue weighted by atomic mass is 16.5. The van der Waals surface area contributed by atoms with Crippen molar-refractivity contribution in [1.82, 2.24) is 10.6 Å². The van der Waals surface area contributed by atoms with Gasteiger partial charge in [-0.3, -0.25) is 4.79 Å². The van der Waals surface area contributed by atoms with E-state index in [0.29, 0.717) is 13.1 Å². The summed E-state index contributed by atoms with van der Waals surface area (Å²) in [5.41, 5.74) is 0.932. The Bertz CT molecular complexity index is 395. The van der Waals surface area contributed by atoms with Crippen LogP contribution in [0.25, 0.3) is 0 Å². The standard InChI is InChI=1S/C13H18N2O4/c1-18-12(16)9-14-7-8-15-13(17)19-10-11-5-3-2-4-6-11/h2-6,14H,7-10H2,1H3,(H,15,17). The molecule has 104 valence electrons. The summed E-state index contributed by atoms with van der Waals surface area (Å²) in [7, 11) is 1.32.